The lowest BCUT2D eigenvalue weighted by molar-refractivity contribution is 0.318. The Morgan fingerprint density at radius 3 is 2.88 bits per heavy atom. The average Bonchev–Trinajstić information content (AvgIpc) is 2.86. The number of nitrogens with one attached hydrogen (secondary N) is 2. The van der Waals surface area contributed by atoms with Gasteiger partial charge in [-0.25, -0.2) is 0 Å². The SMILES string of the molecule is CCO.Cc1n[nH]c2c3cn[nH]c3nc(=S)n12. The fourth-order valence-corrected chi connectivity index (χ4v) is 1.81. The summed E-state index contributed by atoms with van der Waals surface area (Å²) in [7, 11) is 0. The number of hydrogen-bond acceptors (Lipinski definition) is 5. The number of fused-ring (bicyclic) bond motifs is 3. The Bertz CT molecular complexity index is 696. The van der Waals surface area contributed by atoms with Gasteiger partial charge in [-0.1, -0.05) is 0 Å². The van der Waals surface area contributed by atoms with Crippen LogP contribution in [-0.2, 0) is 0 Å². The first-order valence-electron chi connectivity index (χ1n) is 5.06. The first-order chi connectivity index (χ1) is 8.19. The number of rotatable bonds is 0. The average molecular weight is 252 g/mol. The summed E-state index contributed by atoms with van der Waals surface area (Å²) in [5.41, 5.74) is 1.50. The molecule has 0 atom stereocenters. The third-order valence-electron chi connectivity index (χ3n) is 2.14. The quantitative estimate of drug-likeness (QED) is 0.518. The molecule has 0 amide bonds. The highest BCUT2D eigenvalue weighted by molar-refractivity contribution is 7.71. The van der Waals surface area contributed by atoms with E-state index in [1.165, 1.54) is 0 Å². The van der Waals surface area contributed by atoms with Gasteiger partial charge in [0.05, 0.1) is 11.6 Å². The maximum atomic E-state index is 7.57. The molecule has 0 radical (unpaired) electrons. The predicted octanol–water partition coefficient (Wildman–Crippen LogP) is 0.970. The van der Waals surface area contributed by atoms with Gasteiger partial charge in [0.15, 0.2) is 5.65 Å². The van der Waals surface area contributed by atoms with E-state index in [0.717, 1.165) is 16.9 Å². The number of aliphatic hydroxyl groups excluding tert-OH is 1. The topological polar surface area (TPSA) is 94.9 Å². The summed E-state index contributed by atoms with van der Waals surface area (Å²) in [5.74, 6) is 0.792. The minimum Gasteiger partial charge on any atom is -0.397 e. The third-order valence-corrected chi connectivity index (χ3v) is 2.42. The number of aliphatic hydroxyl groups is 1. The van der Waals surface area contributed by atoms with Crippen molar-refractivity contribution in [3.05, 3.63) is 16.8 Å². The maximum absolute atomic E-state index is 7.57. The van der Waals surface area contributed by atoms with Gasteiger partial charge in [-0.15, -0.1) is 0 Å². The third kappa shape index (κ3) is 1.92. The van der Waals surface area contributed by atoms with Crippen molar-refractivity contribution in [2.75, 3.05) is 6.61 Å². The van der Waals surface area contributed by atoms with Crippen molar-refractivity contribution < 1.29 is 5.11 Å². The van der Waals surface area contributed by atoms with E-state index in [9.17, 15) is 0 Å². The molecule has 0 aliphatic carbocycles. The zero-order valence-electron chi connectivity index (χ0n) is 9.43. The summed E-state index contributed by atoms with van der Waals surface area (Å²) in [6.45, 7) is 3.80. The van der Waals surface area contributed by atoms with Gasteiger partial charge in [0.2, 0.25) is 4.77 Å². The Morgan fingerprint density at radius 2 is 2.18 bits per heavy atom. The fraction of sp³-hybridized carbons (Fsp3) is 0.333. The van der Waals surface area contributed by atoms with Crippen molar-refractivity contribution in [3.63, 3.8) is 0 Å². The van der Waals surface area contributed by atoms with E-state index in [2.05, 4.69) is 25.4 Å². The number of aromatic amines is 2. The van der Waals surface area contributed by atoms with E-state index < -0.39 is 0 Å². The second-order valence-corrected chi connectivity index (χ2v) is 3.66. The van der Waals surface area contributed by atoms with Crippen molar-refractivity contribution in [2.45, 2.75) is 13.8 Å². The van der Waals surface area contributed by atoms with E-state index >= 15 is 0 Å². The lowest BCUT2D eigenvalue weighted by Gasteiger charge is -1.94. The van der Waals surface area contributed by atoms with E-state index in [-0.39, 0.29) is 6.61 Å². The largest absolute Gasteiger partial charge is 0.397 e. The van der Waals surface area contributed by atoms with Gasteiger partial charge in [0.25, 0.3) is 0 Å². The summed E-state index contributed by atoms with van der Waals surface area (Å²) in [4.78, 5) is 4.20. The molecule has 0 saturated carbocycles. The molecule has 0 unspecified atom stereocenters. The highest BCUT2D eigenvalue weighted by Gasteiger charge is 2.08. The van der Waals surface area contributed by atoms with Gasteiger partial charge in [-0.3, -0.25) is 14.6 Å². The van der Waals surface area contributed by atoms with Crippen molar-refractivity contribution in [2.24, 2.45) is 0 Å². The monoisotopic (exact) mass is 252 g/mol. The van der Waals surface area contributed by atoms with Crippen molar-refractivity contribution in [1.82, 2.24) is 29.8 Å². The van der Waals surface area contributed by atoms with Crippen molar-refractivity contribution in [3.8, 4) is 0 Å². The zero-order chi connectivity index (χ0) is 12.4. The van der Waals surface area contributed by atoms with Gasteiger partial charge < -0.3 is 5.11 Å². The van der Waals surface area contributed by atoms with Crippen LogP contribution >= 0.6 is 12.2 Å². The highest BCUT2D eigenvalue weighted by atomic mass is 32.1. The van der Waals surface area contributed by atoms with Crippen LogP contribution in [-0.4, -0.2) is 41.5 Å². The standard InChI is InChI=1S/C7H6N6S.C2H6O/c1-3-10-12-6-4-2-8-11-5(4)9-7(14)13(3)6;1-2-3/h2,12H,1H3,(H,9,11,14);3H,2H2,1H3. The van der Waals surface area contributed by atoms with Crippen LogP contribution in [0.15, 0.2) is 6.20 Å². The molecule has 8 heteroatoms. The van der Waals surface area contributed by atoms with Gasteiger partial charge in [-0.2, -0.15) is 15.2 Å². The van der Waals surface area contributed by atoms with E-state index in [0.29, 0.717) is 10.4 Å². The van der Waals surface area contributed by atoms with Crippen LogP contribution in [0.1, 0.15) is 12.7 Å². The molecular weight excluding hydrogens is 240 g/mol. The smallest absolute Gasteiger partial charge is 0.208 e. The first kappa shape index (κ1) is 11.7. The van der Waals surface area contributed by atoms with Crippen LogP contribution < -0.4 is 0 Å². The van der Waals surface area contributed by atoms with Crippen LogP contribution in [0.2, 0.25) is 0 Å². The molecule has 7 nitrogen and oxygen atoms in total. The Kier molecular flexibility index (Phi) is 3.16. The first-order valence-corrected chi connectivity index (χ1v) is 5.47. The number of H-pyrrole nitrogens is 2. The Balaban J connectivity index is 0.000000329. The molecule has 0 spiro atoms. The van der Waals surface area contributed by atoms with Gasteiger partial charge >= 0.3 is 0 Å². The molecule has 0 saturated heterocycles. The Hall–Kier alpha value is -1.80. The molecule has 0 bridgehead atoms. The van der Waals surface area contributed by atoms with Crippen LogP contribution in [0, 0.1) is 11.7 Å². The summed E-state index contributed by atoms with van der Waals surface area (Å²) in [6, 6.07) is 0. The molecule has 17 heavy (non-hydrogen) atoms. The molecular formula is C9H12N6OS. The summed E-state index contributed by atoms with van der Waals surface area (Å²) >= 11 is 5.13. The molecule has 0 aliphatic heterocycles. The molecule has 3 aromatic heterocycles. The van der Waals surface area contributed by atoms with E-state index in [4.69, 9.17) is 17.3 Å². The Morgan fingerprint density at radius 1 is 1.47 bits per heavy atom. The van der Waals surface area contributed by atoms with Gasteiger partial charge in [0, 0.05) is 6.61 Å². The number of hydrogen-bond donors (Lipinski definition) is 3. The fourth-order valence-electron chi connectivity index (χ4n) is 1.49. The zero-order valence-corrected chi connectivity index (χ0v) is 10.2. The molecule has 90 valence electrons. The predicted molar refractivity (Wildman–Crippen MR) is 65.3 cm³/mol. The molecule has 0 fully saturated rings. The second-order valence-electron chi connectivity index (χ2n) is 3.30. The van der Waals surface area contributed by atoms with Crippen LogP contribution in [0.25, 0.3) is 16.7 Å². The summed E-state index contributed by atoms with van der Waals surface area (Å²) in [6.07, 6.45) is 1.70. The molecule has 0 aromatic carbocycles. The summed E-state index contributed by atoms with van der Waals surface area (Å²) < 4.78 is 2.26. The molecule has 3 N–H and O–H groups in total. The van der Waals surface area contributed by atoms with Crippen LogP contribution in [0.4, 0.5) is 0 Å². The maximum Gasteiger partial charge on any atom is 0.208 e. The van der Waals surface area contributed by atoms with Crippen LogP contribution in [0.5, 0.6) is 0 Å². The highest BCUT2D eigenvalue weighted by Crippen LogP contribution is 2.14. The molecule has 0 aliphatic rings. The van der Waals surface area contributed by atoms with Crippen molar-refractivity contribution >= 4 is 28.9 Å². The van der Waals surface area contributed by atoms with Crippen molar-refractivity contribution in [1.29, 1.82) is 0 Å². The number of nitrogens with zero attached hydrogens (tertiary/aromatic N) is 4. The molecule has 3 rings (SSSR count). The normalized spacial score (nSPS) is 10.5. The van der Waals surface area contributed by atoms with E-state index in [1.54, 1.807) is 17.5 Å². The Labute approximate surface area is 102 Å². The minimum atomic E-state index is 0.250. The lowest BCUT2D eigenvalue weighted by Crippen LogP contribution is -1.93. The van der Waals surface area contributed by atoms with E-state index in [1.807, 2.05) is 6.92 Å². The lowest BCUT2D eigenvalue weighted by atomic mass is 10.4. The second kappa shape index (κ2) is 4.60. The number of aromatic nitrogens is 6. The summed E-state index contributed by atoms with van der Waals surface area (Å²) in [5, 5.41) is 22.1. The molecule has 3 heterocycles. The minimum absolute atomic E-state index is 0.250. The van der Waals surface area contributed by atoms with Crippen LogP contribution in [0.3, 0.4) is 0 Å². The van der Waals surface area contributed by atoms with Gasteiger partial charge in [0.1, 0.15) is 11.5 Å². The van der Waals surface area contributed by atoms with Gasteiger partial charge in [-0.05, 0) is 26.1 Å². The number of aryl methyl sites for hydroxylation is 1. The molecule has 3 aromatic rings.